The number of hydrogen-bond acceptors (Lipinski definition) is 2. The van der Waals surface area contributed by atoms with Crippen LogP contribution in [0.15, 0.2) is 24.5 Å². The van der Waals surface area contributed by atoms with Gasteiger partial charge in [-0.2, -0.15) is 5.26 Å². The highest BCUT2D eigenvalue weighted by molar-refractivity contribution is 5.34. The molecule has 1 heterocycles. The summed E-state index contributed by atoms with van der Waals surface area (Å²) < 4.78 is 0. The molecule has 0 aliphatic heterocycles. The fraction of sp³-hybridized carbons (Fsp3) is 0.400. The molecule has 12 heavy (non-hydrogen) atoms. The van der Waals surface area contributed by atoms with Crippen LogP contribution >= 0.6 is 0 Å². The molecule has 0 bridgehead atoms. The number of nitrogens with zero attached hydrogens (tertiary/aromatic N) is 2. The molecule has 2 unspecified atom stereocenters. The Labute approximate surface area is 71.9 Å². The van der Waals surface area contributed by atoms with Crippen LogP contribution in [0.5, 0.6) is 0 Å². The smallest absolute Gasteiger partial charge is 0.0665 e. The van der Waals surface area contributed by atoms with Gasteiger partial charge in [-0.15, -0.1) is 0 Å². The zero-order valence-electron chi connectivity index (χ0n) is 6.99. The van der Waals surface area contributed by atoms with E-state index in [-0.39, 0.29) is 11.3 Å². The van der Waals surface area contributed by atoms with Crippen molar-refractivity contribution in [1.29, 1.82) is 5.26 Å². The fourth-order valence-corrected chi connectivity index (χ4v) is 1.60. The molecule has 1 aromatic rings. The average Bonchev–Trinajstić information content (AvgIpc) is 2.81. The third kappa shape index (κ3) is 0.902. The van der Waals surface area contributed by atoms with Crippen molar-refractivity contribution in [2.45, 2.75) is 18.8 Å². The van der Waals surface area contributed by atoms with E-state index in [2.05, 4.69) is 18.0 Å². The van der Waals surface area contributed by atoms with Gasteiger partial charge in [0.05, 0.1) is 12.0 Å². The average molecular weight is 158 g/mol. The zero-order chi connectivity index (χ0) is 8.60. The first-order valence-corrected chi connectivity index (χ1v) is 4.07. The molecule has 2 nitrogen and oxygen atoms in total. The summed E-state index contributed by atoms with van der Waals surface area (Å²) in [5, 5.41) is 8.74. The molecule has 0 saturated heterocycles. The number of pyridine rings is 1. The summed E-state index contributed by atoms with van der Waals surface area (Å²) in [4.78, 5) is 3.95. The summed E-state index contributed by atoms with van der Waals surface area (Å²) in [6.07, 6.45) is 4.56. The van der Waals surface area contributed by atoms with Crippen molar-refractivity contribution in [3.63, 3.8) is 0 Å². The highest BCUT2D eigenvalue weighted by atomic mass is 14.6. The van der Waals surface area contributed by atoms with Crippen LogP contribution in [0.25, 0.3) is 0 Å². The minimum atomic E-state index is 0.109. The molecule has 1 aliphatic rings. The third-order valence-corrected chi connectivity index (χ3v) is 2.73. The van der Waals surface area contributed by atoms with E-state index in [9.17, 15) is 0 Å². The Kier molecular flexibility index (Phi) is 1.41. The van der Waals surface area contributed by atoms with Crippen LogP contribution in [-0.2, 0) is 5.41 Å². The Balaban J connectivity index is 2.30. The number of aromatic nitrogens is 1. The van der Waals surface area contributed by atoms with Crippen molar-refractivity contribution in [2.75, 3.05) is 0 Å². The lowest BCUT2D eigenvalue weighted by Gasteiger charge is -2.07. The van der Waals surface area contributed by atoms with E-state index >= 15 is 0 Å². The van der Waals surface area contributed by atoms with Gasteiger partial charge in [-0.25, -0.2) is 0 Å². The van der Waals surface area contributed by atoms with Gasteiger partial charge in [-0.1, -0.05) is 6.92 Å². The topological polar surface area (TPSA) is 36.7 Å². The maximum Gasteiger partial charge on any atom is 0.0665 e. The Morgan fingerprint density at radius 3 is 2.75 bits per heavy atom. The molecule has 0 amide bonds. The van der Waals surface area contributed by atoms with Crippen molar-refractivity contribution in [1.82, 2.24) is 4.98 Å². The Hall–Kier alpha value is -1.36. The van der Waals surface area contributed by atoms with Crippen LogP contribution in [0, 0.1) is 17.2 Å². The van der Waals surface area contributed by atoms with E-state index in [1.54, 1.807) is 12.4 Å². The molecule has 2 atom stereocenters. The zero-order valence-corrected chi connectivity index (χ0v) is 6.99. The van der Waals surface area contributed by atoms with Crippen LogP contribution in [0.4, 0.5) is 0 Å². The molecule has 1 aliphatic carbocycles. The second kappa shape index (κ2) is 2.31. The van der Waals surface area contributed by atoms with Crippen LogP contribution in [-0.4, -0.2) is 4.98 Å². The molecular formula is C10H10N2. The van der Waals surface area contributed by atoms with Crippen molar-refractivity contribution in [2.24, 2.45) is 5.92 Å². The van der Waals surface area contributed by atoms with Gasteiger partial charge < -0.3 is 0 Å². The van der Waals surface area contributed by atoms with E-state index in [4.69, 9.17) is 5.26 Å². The van der Waals surface area contributed by atoms with Crippen molar-refractivity contribution in [3.05, 3.63) is 30.1 Å². The van der Waals surface area contributed by atoms with Crippen LogP contribution in [0.3, 0.4) is 0 Å². The standard InChI is InChI=1S/C10H10N2/c1-10(6-9(10)7-11)8-2-4-12-5-3-8/h2-5,9H,6H2,1H3. The van der Waals surface area contributed by atoms with Gasteiger partial charge in [-0.05, 0) is 24.1 Å². The van der Waals surface area contributed by atoms with Crippen molar-refractivity contribution < 1.29 is 0 Å². The maximum absolute atomic E-state index is 8.74. The summed E-state index contributed by atoms with van der Waals surface area (Å²) >= 11 is 0. The maximum atomic E-state index is 8.74. The molecule has 0 spiro atoms. The van der Waals surface area contributed by atoms with Gasteiger partial charge in [0, 0.05) is 17.8 Å². The van der Waals surface area contributed by atoms with Gasteiger partial charge in [0.15, 0.2) is 0 Å². The summed E-state index contributed by atoms with van der Waals surface area (Å²) in [6, 6.07) is 6.30. The molecule has 2 heteroatoms. The van der Waals surface area contributed by atoms with Crippen molar-refractivity contribution >= 4 is 0 Å². The molecule has 1 saturated carbocycles. The number of hydrogen-bond donors (Lipinski definition) is 0. The molecule has 0 aromatic carbocycles. The second-order valence-corrected chi connectivity index (χ2v) is 3.54. The van der Waals surface area contributed by atoms with Crippen LogP contribution < -0.4 is 0 Å². The molecule has 0 radical (unpaired) electrons. The monoisotopic (exact) mass is 158 g/mol. The van der Waals surface area contributed by atoms with Gasteiger partial charge >= 0.3 is 0 Å². The highest BCUT2D eigenvalue weighted by Crippen LogP contribution is 2.53. The van der Waals surface area contributed by atoms with Gasteiger partial charge in [0.1, 0.15) is 0 Å². The summed E-state index contributed by atoms with van der Waals surface area (Å²) in [7, 11) is 0. The first-order chi connectivity index (χ1) is 5.77. The van der Waals surface area contributed by atoms with Gasteiger partial charge in [0.25, 0.3) is 0 Å². The van der Waals surface area contributed by atoms with Crippen LogP contribution in [0.2, 0.25) is 0 Å². The molecule has 2 rings (SSSR count). The fourth-order valence-electron chi connectivity index (χ4n) is 1.60. The number of rotatable bonds is 1. The predicted octanol–water partition coefficient (Wildman–Crippen LogP) is 1.88. The molecule has 60 valence electrons. The van der Waals surface area contributed by atoms with Crippen LogP contribution in [0.1, 0.15) is 18.9 Å². The molecule has 1 aromatic heterocycles. The Morgan fingerprint density at radius 1 is 1.58 bits per heavy atom. The number of nitriles is 1. The Bertz CT molecular complexity index is 325. The molecular weight excluding hydrogens is 148 g/mol. The highest BCUT2D eigenvalue weighted by Gasteiger charge is 2.51. The summed E-state index contributed by atoms with van der Waals surface area (Å²) in [5.41, 5.74) is 1.35. The van der Waals surface area contributed by atoms with Gasteiger partial charge in [0.2, 0.25) is 0 Å². The quantitative estimate of drug-likeness (QED) is 0.625. The second-order valence-electron chi connectivity index (χ2n) is 3.54. The first kappa shape index (κ1) is 7.30. The molecule has 0 N–H and O–H groups in total. The lowest BCUT2D eigenvalue weighted by molar-refractivity contribution is 0.740. The minimum Gasteiger partial charge on any atom is -0.265 e. The summed E-state index contributed by atoms with van der Waals surface area (Å²) in [5.74, 6) is 0.208. The SMILES string of the molecule is CC1(c2ccncc2)CC1C#N. The van der Waals surface area contributed by atoms with E-state index in [0.717, 1.165) is 6.42 Å². The van der Waals surface area contributed by atoms with Gasteiger partial charge in [-0.3, -0.25) is 4.98 Å². The largest absolute Gasteiger partial charge is 0.265 e. The Morgan fingerprint density at radius 2 is 2.25 bits per heavy atom. The van der Waals surface area contributed by atoms with E-state index in [1.165, 1.54) is 5.56 Å². The lowest BCUT2D eigenvalue weighted by Crippen LogP contribution is -2.02. The van der Waals surface area contributed by atoms with E-state index < -0.39 is 0 Å². The van der Waals surface area contributed by atoms with E-state index in [1.807, 2.05) is 12.1 Å². The predicted molar refractivity (Wildman–Crippen MR) is 45.3 cm³/mol. The normalized spacial score (nSPS) is 32.5. The lowest BCUT2D eigenvalue weighted by atomic mass is 9.97. The van der Waals surface area contributed by atoms with Crippen molar-refractivity contribution in [3.8, 4) is 6.07 Å². The third-order valence-electron chi connectivity index (χ3n) is 2.73. The summed E-state index contributed by atoms with van der Waals surface area (Å²) in [6.45, 7) is 2.14. The minimum absolute atomic E-state index is 0.109. The van der Waals surface area contributed by atoms with E-state index in [0.29, 0.717) is 0 Å². The molecule has 1 fully saturated rings. The first-order valence-electron chi connectivity index (χ1n) is 4.07.